The van der Waals surface area contributed by atoms with Crippen molar-refractivity contribution >= 4 is 29.3 Å². The minimum atomic E-state index is -0.368. The summed E-state index contributed by atoms with van der Waals surface area (Å²) in [5.41, 5.74) is 5.93. The molecule has 0 spiro atoms. The Morgan fingerprint density at radius 1 is 1.38 bits per heavy atom. The van der Waals surface area contributed by atoms with Crippen molar-refractivity contribution in [3.63, 3.8) is 0 Å². The first-order valence-electron chi connectivity index (χ1n) is 8.35. The van der Waals surface area contributed by atoms with Gasteiger partial charge < -0.3 is 20.4 Å². The highest BCUT2D eigenvalue weighted by Crippen LogP contribution is 2.40. The predicted octanol–water partition coefficient (Wildman–Crippen LogP) is 1.77. The molecule has 138 valence electrons. The van der Waals surface area contributed by atoms with E-state index in [1.165, 1.54) is 11.8 Å². The molecule has 1 fully saturated rings. The normalized spacial score (nSPS) is 13.4. The summed E-state index contributed by atoms with van der Waals surface area (Å²) in [4.78, 5) is 23.3. The van der Waals surface area contributed by atoms with Crippen LogP contribution in [-0.4, -0.2) is 39.4 Å². The molecule has 1 aliphatic carbocycles. The van der Waals surface area contributed by atoms with E-state index < -0.39 is 0 Å². The Balaban J connectivity index is 1.61. The van der Waals surface area contributed by atoms with Crippen molar-refractivity contribution < 1.29 is 14.3 Å². The summed E-state index contributed by atoms with van der Waals surface area (Å²) < 4.78 is 7.05. The van der Waals surface area contributed by atoms with Gasteiger partial charge in [-0.1, -0.05) is 17.8 Å². The van der Waals surface area contributed by atoms with Crippen molar-refractivity contribution in [2.75, 3.05) is 18.2 Å². The first-order valence-corrected chi connectivity index (χ1v) is 9.33. The van der Waals surface area contributed by atoms with Gasteiger partial charge >= 0.3 is 0 Å². The van der Waals surface area contributed by atoms with Crippen LogP contribution in [0.4, 0.5) is 5.69 Å². The lowest BCUT2D eigenvalue weighted by Crippen LogP contribution is -2.17. The van der Waals surface area contributed by atoms with Crippen molar-refractivity contribution in [1.82, 2.24) is 14.8 Å². The van der Waals surface area contributed by atoms with E-state index >= 15 is 0 Å². The van der Waals surface area contributed by atoms with Crippen LogP contribution >= 0.6 is 11.8 Å². The van der Waals surface area contributed by atoms with Crippen LogP contribution in [0.1, 0.15) is 31.0 Å². The van der Waals surface area contributed by atoms with Gasteiger partial charge in [-0.2, -0.15) is 0 Å². The number of hydrogen-bond acceptors (Lipinski definition) is 6. The number of methoxy groups -OCH3 is 1. The van der Waals surface area contributed by atoms with E-state index in [4.69, 9.17) is 10.5 Å². The van der Waals surface area contributed by atoms with Gasteiger partial charge in [0.2, 0.25) is 11.8 Å². The van der Waals surface area contributed by atoms with Crippen LogP contribution in [0.2, 0.25) is 0 Å². The maximum atomic E-state index is 12.2. The molecule has 0 bridgehead atoms. The van der Waals surface area contributed by atoms with Crippen LogP contribution in [0.3, 0.4) is 0 Å². The molecule has 1 heterocycles. The van der Waals surface area contributed by atoms with Crippen LogP contribution in [0.5, 0.6) is 5.75 Å². The highest BCUT2D eigenvalue weighted by atomic mass is 32.2. The number of nitrogens with zero attached hydrogens (tertiary/aromatic N) is 3. The Morgan fingerprint density at radius 3 is 2.88 bits per heavy atom. The zero-order valence-electron chi connectivity index (χ0n) is 14.5. The highest BCUT2D eigenvalue weighted by Gasteiger charge is 2.30. The molecule has 0 unspecified atom stereocenters. The minimum absolute atomic E-state index is 0.152. The molecular weight excluding hydrogens is 354 g/mol. The number of amides is 2. The average molecular weight is 375 g/mol. The summed E-state index contributed by atoms with van der Waals surface area (Å²) >= 11 is 1.30. The molecule has 2 aromatic rings. The third-order valence-corrected chi connectivity index (χ3v) is 4.92. The van der Waals surface area contributed by atoms with Gasteiger partial charge in [-0.25, -0.2) is 0 Å². The molecule has 0 saturated heterocycles. The summed E-state index contributed by atoms with van der Waals surface area (Å²) in [6.07, 6.45) is 2.38. The minimum Gasteiger partial charge on any atom is -0.497 e. The smallest absolute Gasteiger partial charge is 0.234 e. The van der Waals surface area contributed by atoms with Gasteiger partial charge in [-0.05, 0) is 25.0 Å². The molecule has 8 nitrogen and oxygen atoms in total. The van der Waals surface area contributed by atoms with E-state index in [-0.39, 0.29) is 24.0 Å². The Hall–Kier alpha value is -2.55. The summed E-state index contributed by atoms with van der Waals surface area (Å²) in [5, 5.41) is 11.9. The van der Waals surface area contributed by atoms with E-state index in [1.54, 1.807) is 19.2 Å². The number of carbonyl (C=O) groups excluding carboxylic acids is 2. The van der Waals surface area contributed by atoms with Crippen molar-refractivity contribution in [1.29, 1.82) is 0 Å². The van der Waals surface area contributed by atoms with Crippen molar-refractivity contribution in [3.05, 3.63) is 30.1 Å². The van der Waals surface area contributed by atoms with Crippen molar-refractivity contribution in [2.24, 2.45) is 5.73 Å². The van der Waals surface area contributed by atoms with Gasteiger partial charge in [0.15, 0.2) is 5.16 Å². The largest absolute Gasteiger partial charge is 0.497 e. The van der Waals surface area contributed by atoms with Crippen LogP contribution in [0.25, 0.3) is 0 Å². The van der Waals surface area contributed by atoms with Crippen molar-refractivity contribution in [2.45, 2.75) is 36.9 Å². The van der Waals surface area contributed by atoms with Crippen LogP contribution < -0.4 is 15.8 Å². The van der Waals surface area contributed by atoms with E-state index in [1.807, 2.05) is 16.7 Å². The molecule has 2 amide bonds. The summed E-state index contributed by atoms with van der Waals surface area (Å²) in [6.45, 7) is 0.438. The lowest BCUT2D eigenvalue weighted by atomic mass is 10.3. The van der Waals surface area contributed by atoms with E-state index in [2.05, 4.69) is 15.5 Å². The Morgan fingerprint density at radius 2 is 2.19 bits per heavy atom. The fraction of sp³-hybridized carbons (Fsp3) is 0.412. The fourth-order valence-corrected chi connectivity index (χ4v) is 3.28. The lowest BCUT2D eigenvalue weighted by Gasteiger charge is -2.09. The topological polar surface area (TPSA) is 112 Å². The number of thioether (sulfide) groups is 1. The molecule has 3 rings (SSSR count). The van der Waals surface area contributed by atoms with E-state index in [0.29, 0.717) is 29.1 Å². The van der Waals surface area contributed by atoms with Gasteiger partial charge in [0, 0.05) is 30.6 Å². The predicted molar refractivity (Wildman–Crippen MR) is 98.2 cm³/mol. The number of ether oxygens (including phenoxy) is 1. The second kappa shape index (κ2) is 8.22. The first kappa shape index (κ1) is 18.2. The maximum absolute atomic E-state index is 12.2. The summed E-state index contributed by atoms with van der Waals surface area (Å²) in [6, 6.07) is 7.17. The number of rotatable bonds is 9. The standard InChI is InChI=1S/C17H21N5O3S/c1-25-13-4-2-3-12(9-13)19-15(24)10-26-17-21-20-16(11-5-6-11)22(17)8-7-14(18)23/h2-4,9,11H,5-8,10H2,1H3,(H2,18,23)(H,19,24). The molecule has 0 radical (unpaired) electrons. The van der Waals surface area contributed by atoms with Gasteiger partial charge in [0.25, 0.3) is 0 Å². The zero-order valence-corrected chi connectivity index (χ0v) is 15.3. The molecule has 0 atom stereocenters. The Labute approximate surface area is 155 Å². The molecule has 3 N–H and O–H groups in total. The van der Waals surface area contributed by atoms with E-state index in [9.17, 15) is 9.59 Å². The van der Waals surface area contributed by atoms with Gasteiger partial charge in [-0.3, -0.25) is 9.59 Å². The van der Waals surface area contributed by atoms with Crippen LogP contribution in [0.15, 0.2) is 29.4 Å². The quantitative estimate of drug-likeness (QED) is 0.646. The fourth-order valence-electron chi connectivity index (χ4n) is 2.51. The highest BCUT2D eigenvalue weighted by molar-refractivity contribution is 7.99. The molecule has 1 saturated carbocycles. The number of benzene rings is 1. The van der Waals surface area contributed by atoms with Gasteiger partial charge in [-0.15, -0.1) is 10.2 Å². The number of primary amides is 1. The third kappa shape index (κ3) is 4.75. The third-order valence-electron chi connectivity index (χ3n) is 3.96. The molecule has 0 aliphatic heterocycles. The zero-order chi connectivity index (χ0) is 18.5. The van der Waals surface area contributed by atoms with Crippen LogP contribution in [0, 0.1) is 0 Å². The molecule has 26 heavy (non-hydrogen) atoms. The SMILES string of the molecule is COc1cccc(NC(=O)CSc2nnc(C3CC3)n2CCC(N)=O)c1. The Bertz CT molecular complexity index is 803. The molecular formula is C17H21N5O3S. The number of nitrogens with one attached hydrogen (secondary N) is 1. The van der Waals surface area contributed by atoms with Gasteiger partial charge in [0.1, 0.15) is 11.6 Å². The average Bonchev–Trinajstić information content (AvgIpc) is 3.39. The number of carbonyl (C=O) groups is 2. The second-order valence-corrected chi connectivity index (χ2v) is 6.99. The maximum Gasteiger partial charge on any atom is 0.234 e. The molecule has 9 heteroatoms. The second-order valence-electron chi connectivity index (χ2n) is 6.05. The first-order chi connectivity index (χ1) is 12.6. The number of nitrogens with two attached hydrogens (primary N) is 1. The van der Waals surface area contributed by atoms with Crippen LogP contribution in [-0.2, 0) is 16.1 Å². The van der Waals surface area contributed by atoms with Crippen molar-refractivity contribution in [3.8, 4) is 5.75 Å². The molecule has 1 aliphatic rings. The van der Waals surface area contributed by atoms with E-state index in [0.717, 1.165) is 18.7 Å². The summed E-state index contributed by atoms with van der Waals surface area (Å²) in [7, 11) is 1.58. The number of hydrogen-bond donors (Lipinski definition) is 2. The molecule has 1 aromatic heterocycles. The van der Waals surface area contributed by atoms with Gasteiger partial charge in [0.05, 0.1) is 12.9 Å². The number of anilines is 1. The lowest BCUT2D eigenvalue weighted by molar-refractivity contribution is -0.118. The molecule has 1 aromatic carbocycles. The monoisotopic (exact) mass is 375 g/mol. The number of aromatic nitrogens is 3. The summed E-state index contributed by atoms with van der Waals surface area (Å²) in [5.74, 6) is 1.62. The Kier molecular flexibility index (Phi) is 5.77.